The van der Waals surface area contributed by atoms with E-state index < -0.39 is 10.2 Å². The number of aryl methyl sites for hydroxylation is 1. The van der Waals surface area contributed by atoms with Crippen molar-refractivity contribution in [2.24, 2.45) is 0 Å². The first-order chi connectivity index (χ1) is 13.4. The van der Waals surface area contributed by atoms with Crippen LogP contribution >= 0.6 is 0 Å². The van der Waals surface area contributed by atoms with Crippen LogP contribution in [-0.4, -0.2) is 49.1 Å². The Morgan fingerprint density at radius 3 is 2.36 bits per heavy atom. The van der Waals surface area contributed by atoms with Gasteiger partial charge in [-0.15, -0.1) is 0 Å². The second-order valence-corrected chi connectivity index (χ2v) is 9.03. The molecule has 7 heteroatoms. The number of carbonyl (C=O) groups is 1. The minimum absolute atomic E-state index is 0.137. The normalized spacial score (nSPS) is 17.3. The van der Waals surface area contributed by atoms with Crippen molar-refractivity contribution in [3.05, 3.63) is 71.3 Å². The Kier molecular flexibility index (Phi) is 6.83. The van der Waals surface area contributed by atoms with Gasteiger partial charge in [0.1, 0.15) is 0 Å². The molecule has 28 heavy (non-hydrogen) atoms. The van der Waals surface area contributed by atoms with Gasteiger partial charge in [0.25, 0.3) is 10.2 Å². The Balaban J connectivity index is 1.54. The number of hydrogen-bond donors (Lipinski definition) is 1. The number of nitrogens with one attached hydrogen (secondary N) is 1. The summed E-state index contributed by atoms with van der Waals surface area (Å²) in [4.78, 5) is 12.3. The highest BCUT2D eigenvalue weighted by molar-refractivity contribution is 7.86. The van der Waals surface area contributed by atoms with E-state index in [1.165, 1.54) is 8.61 Å². The van der Waals surface area contributed by atoms with Gasteiger partial charge in [-0.1, -0.05) is 60.2 Å². The monoisotopic (exact) mass is 401 g/mol. The molecule has 0 aromatic heterocycles. The molecular weight excluding hydrogens is 374 g/mol. The summed E-state index contributed by atoms with van der Waals surface area (Å²) in [6, 6.07) is 17.7. The third kappa shape index (κ3) is 5.41. The quantitative estimate of drug-likeness (QED) is 0.773. The van der Waals surface area contributed by atoms with Gasteiger partial charge in [0.05, 0.1) is 6.54 Å². The van der Waals surface area contributed by atoms with Crippen molar-refractivity contribution in [3.8, 4) is 0 Å². The molecule has 2 aromatic rings. The van der Waals surface area contributed by atoms with Crippen LogP contribution in [-0.2, 0) is 28.0 Å². The SMILES string of the molecule is Cc1ccc(CN2CCCN(CC(=O)NCCc3ccccc3)S2(=O)=O)cc1. The number of carbonyl (C=O) groups excluding carboxylic acids is 1. The molecule has 6 nitrogen and oxygen atoms in total. The summed E-state index contributed by atoms with van der Waals surface area (Å²) >= 11 is 0. The van der Waals surface area contributed by atoms with Gasteiger partial charge in [0.2, 0.25) is 5.91 Å². The molecule has 0 unspecified atom stereocenters. The third-order valence-corrected chi connectivity index (χ3v) is 6.77. The van der Waals surface area contributed by atoms with E-state index in [0.29, 0.717) is 32.6 Å². The van der Waals surface area contributed by atoms with Gasteiger partial charge in [-0.3, -0.25) is 4.79 Å². The Labute approximate surface area is 167 Å². The summed E-state index contributed by atoms with van der Waals surface area (Å²) in [6.45, 7) is 3.53. The maximum absolute atomic E-state index is 12.9. The molecular formula is C21H27N3O3S. The van der Waals surface area contributed by atoms with E-state index in [4.69, 9.17) is 0 Å². The molecule has 0 atom stereocenters. The molecule has 0 bridgehead atoms. The van der Waals surface area contributed by atoms with Gasteiger partial charge in [-0.25, -0.2) is 0 Å². The zero-order chi connectivity index (χ0) is 20.0. The minimum atomic E-state index is -3.64. The Bertz CT molecular complexity index is 883. The highest BCUT2D eigenvalue weighted by Crippen LogP contribution is 2.19. The molecule has 0 aliphatic carbocycles. The molecule has 1 aliphatic heterocycles. The Morgan fingerprint density at radius 2 is 1.64 bits per heavy atom. The van der Waals surface area contributed by atoms with Crippen molar-refractivity contribution in [2.45, 2.75) is 26.3 Å². The molecule has 1 N–H and O–H groups in total. The van der Waals surface area contributed by atoms with Gasteiger partial charge < -0.3 is 5.32 Å². The molecule has 1 amide bonds. The van der Waals surface area contributed by atoms with Gasteiger partial charge in [0, 0.05) is 26.2 Å². The average Bonchev–Trinajstić information content (AvgIpc) is 2.68. The highest BCUT2D eigenvalue weighted by Gasteiger charge is 2.34. The third-order valence-electron chi connectivity index (χ3n) is 4.85. The molecule has 1 aliphatic rings. The molecule has 2 aromatic carbocycles. The van der Waals surface area contributed by atoms with E-state index in [1.54, 1.807) is 0 Å². The lowest BCUT2D eigenvalue weighted by Gasteiger charge is -2.34. The molecule has 0 spiro atoms. The van der Waals surface area contributed by atoms with E-state index in [-0.39, 0.29) is 12.5 Å². The molecule has 1 heterocycles. The molecule has 1 fully saturated rings. The van der Waals surface area contributed by atoms with Crippen LogP contribution in [0.2, 0.25) is 0 Å². The summed E-state index contributed by atoms with van der Waals surface area (Å²) in [7, 11) is -3.64. The lowest BCUT2D eigenvalue weighted by molar-refractivity contribution is -0.121. The first kappa shape index (κ1) is 20.5. The maximum Gasteiger partial charge on any atom is 0.282 e. The largest absolute Gasteiger partial charge is 0.355 e. The zero-order valence-electron chi connectivity index (χ0n) is 16.2. The van der Waals surface area contributed by atoms with Crippen molar-refractivity contribution in [1.29, 1.82) is 0 Å². The number of benzene rings is 2. The molecule has 150 valence electrons. The zero-order valence-corrected chi connectivity index (χ0v) is 17.0. The van der Waals surface area contributed by atoms with Gasteiger partial charge in [-0.05, 0) is 30.9 Å². The van der Waals surface area contributed by atoms with Crippen LogP contribution < -0.4 is 5.32 Å². The predicted octanol–water partition coefficient (Wildman–Crippen LogP) is 2.11. The second kappa shape index (κ2) is 9.32. The van der Waals surface area contributed by atoms with Crippen LogP contribution in [0.5, 0.6) is 0 Å². The first-order valence-electron chi connectivity index (χ1n) is 9.56. The van der Waals surface area contributed by atoms with E-state index in [1.807, 2.05) is 61.5 Å². The van der Waals surface area contributed by atoms with Crippen molar-refractivity contribution in [3.63, 3.8) is 0 Å². The van der Waals surface area contributed by atoms with Crippen LogP contribution in [0.3, 0.4) is 0 Å². The summed E-state index contributed by atoms with van der Waals surface area (Å²) in [5, 5.41) is 2.82. The standard InChI is InChI=1S/C21H27N3O3S/c1-18-8-10-20(11-9-18)16-23-14-5-15-24(28(23,26)27)17-21(25)22-13-12-19-6-3-2-4-7-19/h2-4,6-11H,5,12-17H2,1H3,(H,22,25). The minimum Gasteiger partial charge on any atom is -0.355 e. The predicted molar refractivity (Wildman–Crippen MR) is 110 cm³/mol. The van der Waals surface area contributed by atoms with Crippen molar-refractivity contribution in [2.75, 3.05) is 26.2 Å². The molecule has 0 radical (unpaired) electrons. The van der Waals surface area contributed by atoms with Crippen LogP contribution in [0.1, 0.15) is 23.1 Å². The molecule has 0 saturated carbocycles. The lowest BCUT2D eigenvalue weighted by atomic mass is 10.1. The number of amides is 1. The smallest absolute Gasteiger partial charge is 0.282 e. The fourth-order valence-corrected chi connectivity index (χ4v) is 4.88. The van der Waals surface area contributed by atoms with Crippen LogP contribution in [0.25, 0.3) is 0 Å². The van der Waals surface area contributed by atoms with Gasteiger partial charge in [0.15, 0.2) is 0 Å². The maximum atomic E-state index is 12.9. The van der Waals surface area contributed by atoms with Crippen molar-refractivity contribution in [1.82, 2.24) is 13.9 Å². The Morgan fingerprint density at radius 1 is 0.964 bits per heavy atom. The van der Waals surface area contributed by atoms with Crippen LogP contribution in [0.15, 0.2) is 54.6 Å². The van der Waals surface area contributed by atoms with Crippen molar-refractivity contribution < 1.29 is 13.2 Å². The van der Waals surface area contributed by atoms with Gasteiger partial charge in [-0.2, -0.15) is 17.0 Å². The fraction of sp³-hybridized carbons (Fsp3) is 0.381. The number of hydrogen-bond acceptors (Lipinski definition) is 3. The Hall–Kier alpha value is -2.22. The number of nitrogens with zero attached hydrogens (tertiary/aromatic N) is 2. The van der Waals surface area contributed by atoms with Gasteiger partial charge >= 0.3 is 0 Å². The topological polar surface area (TPSA) is 69.7 Å². The fourth-order valence-electron chi connectivity index (χ4n) is 3.24. The molecule has 3 rings (SSSR count). The van der Waals surface area contributed by atoms with E-state index in [9.17, 15) is 13.2 Å². The second-order valence-electron chi connectivity index (χ2n) is 7.10. The summed E-state index contributed by atoms with van der Waals surface area (Å²) in [6.07, 6.45) is 1.43. The summed E-state index contributed by atoms with van der Waals surface area (Å²) in [5.41, 5.74) is 3.22. The van der Waals surface area contributed by atoms with Crippen LogP contribution in [0, 0.1) is 6.92 Å². The first-order valence-corrected chi connectivity index (χ1v) is 11.0. The summed E-state index contributed by atoms with van der Waals surface area (Å²) < 4.78 is 28.5. The van der Waals surface area contributed by atoms with E-state index in [2.05, 4.69) is 5.32 Å². The highest BCUT2D eigenvalue weighted by atomic mass is 32.2. The summed E-state index contributed by atoms with van der Waals surface area (Å²) in [5.74, 6) is -0.267. The number of rotatable bonds is 7. The van der Waals surface area contributed by atoms with E-state index in [0.717, 1.165) is 23.1 Å². The lowest BCUT2D eigenvalue weighted by Crippen LogP contribution is -2.52. The van der Waals surface area contributed by atoms with Crippen molar-refractivity contribution >= 4 is 16.1 Å². The molecule has 1 saturated heterocycles. The van der Waals surface area contributed by atoms with E-state index >= 15 is 0 Å². The average molecular weight is 402 g/mol. The van der Waals surface area contributed by atoms with Crippen LogP contribution in [0.4, 0.5) is 0 Å².